The first kappa shape index (κ1) is 27.7. The Hall–Kier alpha value is -1.36. The standard InChI is InChI=1S/C26H44O4S/c1-3-5-7-9-11-13-15-17-21-29-25(27)23-19-20-24(31-23)26(28)30-22-18-16-14-12-10-8-6-4-2/h19-20H,3-18,21-22H2,1-2H3. The number of thiophene rings is 1. The van der Waals surface area contributed by atoms with Crippen LogP contribution in [0, 0.1) is 0 Å². The Morgan fingerprint density at radius 1 is 0.581 bits per heavy atom. The first-order valence-corrected chi connectivity index (χ1v) is 13.4. The third-order valence-electron chi connectivity index (χ3n) is 5.47. The second kappa shape index (κ2) is 19.3. The Kier molecular flexibility index (Phi) is 17.3. The fraction of sp³-hybridized carbons (Fsp3) is 0.769. The van der Waals surface area contributed by atoms with Crippen molar-refractivity contribution in [2.45, 2.75) is 117 Å². The molecule has 0 saturated heterocycles. The van der Waals surface area contributed by atoms with Gasteiger partial charge in [-0.25, -0.2) is 9.59 Å². The number of hydrogen-bond donors (Lipinski definition) is 0. The highest BCUT2D eigenvalue weighted by Gasteiger charge is 2.15. The lowest BCUT2D eigenvalue weighted by atomic mass is 10.1. The largest absolute Gasteiger partial charge is 0.462 e. The Morgan fingerprint density at radius 2 is 0.903 bits per heavy atom. The minimum atomic E-state index is -0.338. The summed E-state index contributed by atoms with van der Waals surface area (Å²) >= 11 is 1.16. The lowest BCUT2D eigenvalue weighted by Gasteiger charge is -2.04. The molecule has 0 amide bonds. The summed E-state index contributed by atoms with van der Waals surface area (Å²) in [5.41, 5.74) is 0. The summed E-state index contributed by atoms with van der Waals surface area (Å²) in [4.78, 5) is 25.2. The van der Waals surface area contributed by atoms with Crippen molar-refractivity contribution in [3.05, 3.63) is 21.9 Å². The average molecular weight is 453 g/mol. The van der Waals surface area contributed by atoms with Crippen molar-refractivity contribution in [2.24, 2.45) is 0 Å². The summed E-state index contributed by atoms with van der Waals surface area (Å²) in [7, 11) is 0. The van der Waals surface area contributed by atoms with Crippen molar-refractivity contribution in [3.63, 3.8) is 0 Å². The van der Waals surface area contributed by atoms with Crippen LogP contribution in [-0.4, -0.2) is 25.2 Å². The molecule has 0 unspecified atom stereocenters. The van der Waals surface area contributed by atoms with Gasteiger partial charge in [0.05, 0.1) is 13.2 Å². The molecule has 0 aliphatic rings. The van der Waals surface area contributed by atoms with Crippen molar-refractivity contribution in [1.29, 1.82) is 0 Å². The molecule has 31 heavy (non-hydrogen) atoms. The molecule has 178 valence electrons. The summed E-state index contributed by atoms with van der Waals surface area (Å²) < 4.78 is 10.7. The van der Waals surface area contributed by atoms with Crippen LogP contribution in [0.4, 0.5) is 0 Å². The molecule has 1 rings (SSSR count). The maximum Gasteiger partial charge on any atom is 0.348 e. The Bertz CT molecular complexity index is 533. The zero-order chi connectivity index (χ0) is 22.6. The van der Waals surface area contributed by atoms with Crippen molar-refractivity contribution >= 4 is 23.3 Å². The van der Waals surface area contributed by atoms with E-state index >= 15 is 0 Å². The van der Waals surface area contributed by atoms with Crippen LogP contribution in [0.2, 0.25) is 0 Å². The van der Waals surface area contributed by atoms with Crippen LogP contribution in [0.5, 0.6) is 0 Å². The van der Waals surface area contributed by atoms with E-state index in [1.54, 1.807) is 12.1 Å². The SMILES string of the molecule is CCCCCCCCCCOC(=O)c1ccc(C(=O)OCCCCCCCCCC)s1. The van der Waals surface area contributed by atoms with Gasteiger partial charge in [-0.2, -0.15) is 0 Å². The Labute approximate surface area is 194 Å². The van der Waals surface area contributed by atoms with Gasteiger partial charge in [0.25, 0.3) is 0 Å². The number of carbonyl (C=O) groups is 2. The van der Waals surface area contributed by atoms with Crippen molar-refractivity contribution in [1.82, 2.24) is 0 Å². The van der Waals surface area contributed by atoms with Crippen molar-refractivity contribution < 1.29 is 19.1 Å². The average Bonchev–Trinajstić information content (AvgIpc) is 3.27. The van der Waals surface area contributed by atoms with Gasteiger partial charge in [-0.05, 0) is 25.0 Å². The van der Waals surface area contributed by atoms with Crippen LogP contribution in [0.3, 0.4) is 0 Å². The van der Waals surface area contributed by atoms with Crippen molar-refractivity contribution in [2.75, 3.05) is 13.2 Å². The molecule has 0 saturated carbocycles. The molecule has 4 nitrogen and oxygen atoms in total. The molecule has 0 aliphatic carbocycles. The van der Waals surface area contributed by atoms with E-state index in [1.165, 1.54) is 77.0 Å². The monoisotopic (exact) mass is 452 g/mol. The second-order valence-electron chi connectivity index (χ2n) is 8.39. The molecule has 1 aromatic rings. The maximum absolute atomic E-state index is 12.2. The number of hydrogen-bond acceptors (Lipinski definition) is 5. The zero-order valence-corrected chi connectivity index (χ0v) is 20.7. The van der Waals surface area contributed by atoms with E-state index < -0.39 is 0 Å². The molecule has 0 N–H and O–H groups in total. The molecule has 0 radical (unpaired) electrons. The van der Waals surface area contributed by atoms with Crippen LogP contribution < -0.4 is 0 Å². The van der Waals surface area contributed by atoms with Gasteiger partial charge in [-0.1, -0.05) is 104 Å². The molecule has 0 atom stereocenters. The van der Waals surface area contributed by atoms with E-state index in [0.29, 0.717) is 23.0 Å². The van der Waals surface area contributed by atoms with Gasteiger partial charge < -0.3 is 9.47 Å². The van der Waals surface area contributed by atoms with Crippen LogP contribution in [-0.2, 0) is 9.47 Å². The molecule has 0 aliphatic heterocycles. The van der Waals surface area contributed by atoms with Crippen LogP contribution in [0.25, 0.3) is 0 Å². The van der Waals surface area contributed by atoms with Crippen LogP contribution in [0.15, 0.2) is 12.1 Å². The molecule has 0 fully saturated rings. The zero-order valence-electron chi connectivity index (χ0n) is 19.9. The minimum absolute atomic E-state index is 0.338. The van der Waals surface area contributed by atoms with Crippen LogP contribution >= 0.6 is 11.3 Å². The number of ether oxygens (including phenoxy) is 2. The van der Waals surface area contributed by atoms with Gasteiger partial charge in [0.15, 0.2) is 0 Å². The number of rotatable bonds is 20. The van der Waals surface area contributed by atoms with E-state index in [1.807, 2.05) is 0 Å². The maximum atomic E-state index is 12.2. The van der Waals surface area contributed by atoms with Gasteiger partial charge in [-0.15, -0.1) is 11.3 Å². The molecule has 0 aromatic carbocycles. The summed E-state index contributed by atoms with van der Waals surface area (Å²) in [5, 5.41) is 0. The Balaban J connectivity index is 2.08. The molecule has 0 spiro atoms. The number of carbonyl (C=O) groups excluding carboxylic acids is 2. The fourth-order valence-corrected chi connectivity index (χ4v) is 4.29. The van der Waals surface area contributed by atoms with Gasteiger partial charge in [0.2, 0.25) is 0 Å². The first-order chi connectivity index (χ1) is 15.2. The Morgan fingerprint density at radius 3 is 1.26 bits per heavy atom. The molecule has 1 aromatic heterocycles. The molecule has 5 heteroatoms. The summed E-state index contributed by atoms with van der Waals surface area (Å²) in [6, 6.07) is 3.32. The van der Waals surface area contributed by atoms with Gasteiger partial charge >= 0.3 is 11.9 Å². The molecule has 0 bridgehead atoms. The fourth-order valence-electron chi connectivity index (χ4n) is 3.50. The normalized spacial score (nSPS) is 10.9. The second-order valence-corrected chi connectivity index (χ2v) is 9.47. The predicted octanol–water partition coefficient (Wildman–Crippen LogP) is 8.34. The third-order valence-corrected chi connectivity index (χ3v) is 6.52. The minimum Gasteiger partial charge on any atom is -0.462 e. The van der Waals surface area contributed by atoms with Gasteiger partial charge in [0, 0.05) is 0 Å². The van der Waals surface area contributed by atoms with E-state index in [4.69, 9.17) is 9.47 Å². The van der Waals surface area contributed by atoms with Gasteiger partial charge in [-0.3, -0.25) is 0 Å². The van der Waals surface area contributed by atoms with Crippen LogP contribution in [0.1, 0.15) is 136 Å². The lowest BCUT2D eigenvalue weighted by molar-refractivity contribution is 0.0496. The molecular formula is C26H44O4S. The van der Waals surface area contributed by atoms with Gasteiger partial charge in [0.1, 0.15) is 9.75 Å². The summed E-state index contributed by atoms with van der Waals surface area (Å²) in [5.74, 6) is -0.676. The smallest absolute Gasteiger partial charge is 0.348 e. The third kappa shape index (κ3) is 14.3. The van der Waals surface area contributed by atoms with Crippen molar-refractivity contribution in [3.8, 4) is 0 Å². The van der Waals surface area contributed by atoms with E-state index in [9.17, 15) is 9.59 Å². The van der Waals surface area contributed by atoms with E-state index in [2.05, 4.69) is 13.8 Å². The number of unbranched alkanes of at least 4 members (excludes halogenated alkanes) is 14. The summed E-state index contributed by atoms with van der Waals surface area (Å²) in [6.45, 7) is 5.35. The molecular weight excluding hydrogens is 408 g/mol. The quantitative estimate of drug-likeness (QED) is 0.147. The first-order valence-electron chi connectivity index (χ1n) is 12.6. The summed E-state index contributed by atoms with van der Waals surface area (Å²) in [6.07, 6.45) is 19.4. The highest BCUT2D eigenvalue weighted by molar-refractivity contribution is 7.15. The lowest BCUT2D eigenvalue weighted by Crippen LogP contribution is -2.05. The topological polar surface area (TPSA) is 52.6 Å². The highest BCUT2D eigenvalue weighted by atomic mass is 32.1. The predicted molar refractivity (Wildman–Crippen MR) is 130 cm³/mol. The van der Waals surface area contributed by atoms with E-state index in [0.717, 1.165) is 37.0 Å². The van der Waals surface area contributed by atoms with E-state index in [-0.39, 0.29) is 11.9 Å². The molecule has 1 heterocycles. The highest BCUT2D eigenvalue weighted by Crippen LogP contribution is 2.19. The number of esters is 2.